The number of halogens is 3. The smallest absolute Gasteiger partial charge is 0.357 e. The fourth-order valence-corrected chi connectivity index (χ4v) is 1.06. The maximum Gasteiger partial charge on any atom is 0.357 e. The van der Waals surface area contributed by atoms with Crippen molar-refractivity contribution in [2.75, 3.05) is 7.11 Å². The molecule has 0 unspecified atom stereocenters. The first kappa shape index (κ1) is 11.5. The van der Waals surface area contributed by atoms with Gasteiger partial charge in [0, 0.05) is 11.8 Å². The molecule has 82 valence electrons. The van der Waals surface area contributed by atoms with Gasteiger partial charge in [-0.1, -0.05) is 0 Å². The number of hydrogen-bond acceptors (Lipinski definition) is 3. The summed E-state index contributed by atoms with van der Waals surface area (Å²) >= 11 is 0. The van der Waals surface area contributed by atoms with Crippen LogP contribution >= 0.6 is 0 Å². The number of aryl methyl sites for hydroxylation is 1. The van der Waals surface area contributed by atoms with Gasteiger partial charge in [-0.3, -0.25) is 0 Å². The van der Waals surface area contributed by atoms with E-state index in [4.69, 9.17) is 0 Å². The highest BCUT2D eigenvalue weighted by atomic mass is 19.3. The van der Waals surface area contributed by atoms with Crippen molar-refractivity contribution in [3.05, 3.63) is 28.8 Å². The molecule has 0 saturated heterocycles. The Morgan fingerprint density at radius 1 is 1.53 bits per heavy atom. The van der Waals surface area contributed by atoms with Crippen LogP contribution < -0.4 is 0 Å². The quantitative estimate of drug-likeness (QED) is 0.716. The topological polar surface area (TPSA) is 39.2 Å². The molecule has 0 spiro atoms. The maximum atomic E-state index is 13.3. The molecule has 0 amide bonds. The van der Waals surface area contributed by atoms with Gasteiger partial charge in [0.25, 0.3) is 6.43 Å². The standard InChI is InChI=1S/C9H8F3NO2/c1-4-3-13-7(9(14)15-2)5(6(4)10)8(11)12/h3,8H,1-2H3. The minimum absolute atomic E-state index is 0.0436. The summed E-state index contributed by atoms with van der Waals surface area (Å²) in [6.45, 7) is 1.29. The highest BCUT2D eigenvalue weighted by Gasteiger charge is 2.25. The first-order valence-electron chi connectivity index (χ1n) is 4.00. The van der Waals surface area contributed by atoms with Crippen molar-refractivity contribution in [2.45, 2.75) is 13.3 Å². The van der Waals surface area contributed by atoms with Crippen molar-refractivity contribution in [2.24, 2.45) is 0 Å². The van der Waals surface area contributed by atoms with Crippen LogP contribution in [0.4, 0.5) is 13.2 Å². The van der Waals surface area contributed by atoms with E-state index in [1.807, 2.05) is 0 Å². The molecule has 0 aliphatic carbocycles. The summed E-state index contributed by atoms with van der Waals surface area (Å²) in [5.74, 6) is -2.20. The molecule has 0 saturated carbocycles. The number of ether oxygens (including phenoxy) is 1. The number of hydrogen-bond donors (Lipinski definition) is 0. The van der Waals surface area contributed by atoms with E-state index in [1.165, 1.54) is 6.92 Å². The molecule has 0 N–H and O–H groups in total. The van der Waals surface area contributed by atoms with Crippen LogP contribution in [-0.4, -0.2) is 18.1 Å². The molecule has 6 heteroatoms. The van der Waals surface area contributed by atoms with Crippen LogP contribution in [0.15, 0.2) is 6.20 Å². The van der Waals surface area contributed by atoms with E-state index >= 15 is 0 Å². The Bertz CT molecular complexity index is 393. The lowest BCUT2D eigenvalue weighted by atomic mass is 10.1. The molecule has 1 aromatic heterocycles. The number of nitrogens with zero attached hydrogens (tertiary/aromatic N) is 1. The lowest BCUT2D eigenvalue weighted by Crippen LogP contribution is -2.12. The highest BCUT2D eigenvalue weighted by molar-refractivity contribution is 5.89. The molecule has 1 rings (SSSR count). The average molecular weight is 219 g/mol. The molecule has 0 aliphatic rings. The Balaban J connectivity index is 3.40. The van der Waals surface area contributed by atoms with E-state index in [1.54, 1.807) is 0 Å². The van der Waals surface area contributed by atoms with Crippen LogP contribution in [-0.2, 0) is 4.74 Å². The fraction of sp³-hybridized carbons (Fsp3) is 0.333. The Morgan fingerprint density at radius 2 is 2.13 bits per heavy atom. The molecular weight excluding hydrogens is 211 g/mol. The van der Waals surface area contributed by atoms with Crippen LogP contribution in [0.2, 0.25) is 0 Å². The van der Waals surface area contributed by atoms with Gasteiger partial charge in [-0.05, 0) is 6.92 Å². The number of carbonyl (C=O) groups excluding carboxylic acids is 1. The van der Waals surface area contributed by atoms with Crippen molar-refractivity contribution in [1.29, 1.82) is 0 Å². The predicted octanol–water partition coefficient (Wildman–Crippen LogP) is 2.25. The summed E-state index contributed by atoms with van der Waals surface area (Å²) in [7, 11) is 1.01. The lowest BCUT2D eigenvalue weighted by Gasteiger charge is -2.08. The monoisotopic (exact) mass is 219 g/mol. The number of rotatable bonds is 2. The first-order valence-corrected chi connectivity index (χ1v) is 4.00. The van der Waals surface area contributed by atoms with Gasteiger partial charge in [0.1, 0.15) is 5.82 Å². The van der Waals surface area contributed by atoms with Crippen LogP contribution in [0.1, 0.15) is 28.0 Å². The molecule has 0 bridgehead atoms. The minimum atomic E-state index is -3.11. The van der Waals surface area contributed by atoms with Crippen molar-refractivity contribution >= 4 is 5.97 Å². The number of aromatic nitrogens is 1. The molecule has 0 atom stereocenters. The lowest BCUT2D eigenvalue weighted by molar-refractivity contribution is 0.0579. The third-order valence-electron chi connectivity index (χ3n) is 1.82. The molecule has 0 aromatic carbocycles. The van der Waals surface area contributed by atoms with Crippen LogP contribution in [0, 0.1) is 12.7 Å². The number of esters is 1. The fourth-order valence-electron chi connectivity index (χ4n) is 1.06. The molecule has 0 radical (unpaired) electrons. The van der Waals surface area contributed by atoms with Gasteiger partial charge in [-0.2, -0.15) is 0 Å². The van der Waals surface area contributed by atoms with Crippen molar-refractivity contribution in [1.82, 2.24) is 4.98 Å². The second-order valence-corrected chi connectivity index (χ2v) is 2.81. The van der Waals surface area contributed by atoms with E-state index < -0.39 is 29.5 Å². The Morgan fingerprint density at radius 3 is 2.60 bits per heavy atom. The largest absolute Gasteiger partial charge is 0.464 e. The Hall–Kier alpha value is -1.59. The molecule has 1 aromatic rings. The molecule has 3 nitrogen and oxygen atoms in total. The summed E-state index contributed by atoms with van der Waals surface area (Å²) in [4.78, 5) is 14.5. The Kier molecular flexibility index (Phi) is 3.28. The predicted molar refractivity (Wildman–Crippen MR) is 45.2 cm³/mol. The maximum absolute atomic E-state index is 13.3. The minimum Gasteiger partial charge on any atom is -0.464 e. The van der Waals surface area contributed by atoms with Gasteiger partial charge in [0.05, 0.1) is 12.7 Å². The molecule has 0 fully saturated rings. The van der Waals surface area contributed by atoms with Gasteiger partial charge in [-0.15, -0.1) is 0 Å². The molecular formula is C9H8F3NO2. The van der Waals surface area contributed by atoms with Gasteiger partial charge in [0.15, 0.2) is 5.69 Å². The zero-order chi connectivity index (χ0) is 11.6. The van der Waals surface area contributed by atoms with Crippen molar-refractivity contribution in [3.63, 3.8) is 0 Å². The normalized spacial score (nSPS) is 10.5. The zero-order valence-electron chi connectivity index (χ0n) is 8.05. The van der Waals surface area contributed by atoms with Gasteiger partial charge in [0.2, 0.25) is 0 Å². The third-order valence-corrected chi connectivity index (χ3v) is 1.82. The summed E-state index contributed by atoms with van der Waals surface area (Å²) in [6.07, 6.45) is -2.10. The van der Waals surface area contributed by atoms with Crippen LogP contribution in [0.3, 0.4) is 0 Å². The molecule has 15 heavy (non-hydrogen) atoms. The van der Waals surface area contributed by atoms with Gasteiger partial charge >= 0.3 is 5.97 Å². The van der Waals surface area contributed by atoms with Crippen LogP contribution in [0.5, 0.6) is 0 Å². The second-order valence-electron chi connectivity index (χ2n) is 2.81. The van der Waals surface area contributed by atoms with E-state index in [0.717, 1.165) is 13.3 Å². The SMILES string of the molecule is COC(=O)c1ncc(C)c(F)c1C(F)F. The second kappa shape index (κ2) is 4.29. The van der Waals surface area contributed by atoms with Crippen molar-refractivity contribution < 1.29 is 22.7 Å². The summed E-state index contributed by atoms with van der Waals surface area (Å²) in [6, 6.07) is 0. The van der Waals surface area contributed by atoms with E-state index in [9.17, 15) is 18.0 Å². The number of carbonyl (C=O) groups is 1. The number of pyridine rings is 1. The van der Waals surface area contributed by atoms with Gasteiger partial charge < -0.3 is 4.74 Å². The highest BCUT2D eigenvalue weighted by Crippen LogP contribution is 2.26. The Labute approximate surface area is 83.9 Å². The van der Waals surface area contributed by atoms with E-state index in [2.05, 4.69) is 9.72 Å². The third kappa shape index (κ3) is 2.08. The summed E-state index contributed by atoms with van der Waals surface area (Å²) in [5.41, 5.74) is -1.74. The summed E-state index contributed by atoms with van der Waals surface area (Å²) < 4.78 is 42.5. The zero-order valence-corrected chi connectivity index (χ0v) is 8.05. The van der Waals surface area contributed by atoms with Crippen molar-refractivity contribution in [3.8, 4) is 0 Å². The molecule has 1 heterocycles. The molecule has 0 aliphatic heterocycles. The first-order chi connectivity index (χ1) is 6.99. The van der Waals surface area contributed by atoms with Gasteiger partial charge in [-0.25, -0.2) is 22.9 Å². The van der Waals surface area contributed by atoms with E-state index in [0.29, 0.717) is 0 Å². The van der Waals surface area contributed by atoms with Crippen LogP contribution in [0.25, 0.3) is 0 Å². The summed E-state index contributed by atoms with van der Waals surface area (Å²) in [5, 5.41) is 0. The number of alkyl halides is 2. The number of methoxy groups -OCH3 is 1. The average Bonchev–Trinajstić information content (AvgIpc) is 2.20. The van der Waals surface area contributed by atoms with E-state index in [-0.39, 0.29) is 5.56 Å².